The van der Waals surface area contributed by atoms with Gasteiger partial charge in [-0.05, 0) is 96.0 Å². The van der Waals surface area contributed by atoms with Crippen LogP contribution in [0.4, 0.5) is 0 Å². The van der Waals surface area contributed by atoms with E-state index in [-0.39, 0.29) is 5.41 Å². The molecule has 1 nitrogen and oxygen atoms in total. The molecule has 3 aromatic carbocycles. The smallest absolute Gasteiger partial charge is 0.288 e. The Labute approximate surface area is 260 Å². The van der Waals surface area contributed by atoms with Gasteiger partial charge in [0.15, 0.2) is 0 Å². The summed E-state index contributed by atoms with van der Waals surface area (Å²) in [6, 6.07) is 33.4. The second-order valence-electron chi connectivity index (χ2n) is 13.3. The van der Waals surface area contributed by atoms with Gasteiger partial charge in [-0.1, -0.05) is 146 Å². The Balaban J connectivity index is 1.30. The predicted octanol–water partition coefficient (Wildman–Crippen LogP) is 8.28. The lowest BCUT2D eigenvalue weighted by atomic mass is 9.58. The van der Waals surface area contributed by atoms with Crippen molar-refractivity contribution < 1.29 is 4.43 Å². The van der Waals surface area contributed by atoms with Crippen molar-refractivity contribution in [3.8, 4) is 0 Å². The van der Waals surface area contributed by atoms with E-state index in [1.807, 2.05) is 0 Å². The monoisotopic (exact) mass is 582 g/mol. The molecule has 2 fully saturated rings. The molecule has 43 heavy (non-hydrogen) atoms. The van der Waals surface area contributed by atoms with Crippen LogP contribution in [-0.4, -0.2) is 14.9 Å². The van der Waals surface area contributed by atoms with Gasteiger partial charge in [-0.2, -0.15) is 0 Å². The lowest BCUT2D eigenvalue weighted by molar-refractivity contribution is 0.0737. The van der Waals surface area contributed by atoms with Crippen molar-refractivity contribution in [3.05, 3.63) is 139 Å². The molecule has 0 heterocycles. The molecule has 0 aromatic heterocycles. The SMILES string of the molecule is CCC(CCO[Si](c1ccccc1)(c1ccccc1)c1ccccc1)(C1CCC2CC=CC=C21)C1CCC2CC=CC=C21. The number of benzene rings is 3. The maximum absolute atomic E-state index is 7.61. The van der Waals surface area contributed by atoms with E-state index in [4.69, 9.17) is 4.43 Å². The number of rotatable bonds is 10. The first-order valence-corrected chi connectivity index (χ1v) is 18.7. The number of fused-ring (bicyclic) bond motifs is 2. The van der Waals surface area contributed by atoms with Crippen molar-refractivity contribution in [2.45, 2.75) is 58.3 Å². The second kappa shape index (κ2) is 12.4. The van der Waals surface area contributed by atoms with E-state index in [0.29, 0.717) is 11.8 Å². The summed E-state index contributed by atoms with van der Waals surface area (Å²) in [5, 5.41) is 3.99. The van der Waals surface area contributed by atoms with Crippen LogP contribution in [0.2, 0.25) is 0 Å². The Bertz CT molecular complexity index is 1360. The van der Waals surface area contributed by atoms with E-state index in [1.165, 1.54) is 60.5 Å². The number of allylic oxidation sites excluding steroid dienone is 8. The van der Waals surface area contributed by atoms with Gasteiger partial charge in [-0.15, -0.1) is 0 Å². The molecule has 0 bridgehead atoms. The Morgan fingerprint density at radius 1 is 0.628 bits per heavy atom. The van der Waals surface area contributed by atoms with Crippen LogP contribution < -0.4 is 15.6 Å². The average molecular weight is 583 g/mol. The summed E-state index contributed by atoms with van der Waals surface area (Å²) in [6.45, 7) is 3.28. The molecule has 0 aliphatic heterocycles. The van der Waals surface area contributed by atoms with Gasteiger partial charge in [0.2, 0.25) is 0 Å². The molecule has 4 aliphatic carbocycles. The highest BCUT2D eigenvalue weighted by Crippen LogP contribution is 2.61. The maximum atomic E-state index is 7.61. The van der Waals surface area contributed by atoms with Crippen molar-refractivity contribution in [1.29, 1.82) is 0 Å². The van der Waals surface area contributed by atoms with Crippen LogP contribution >= 0.6 is 0 Å². The van der Waals surface area contributed by atoms with E-state index >= 15 is 0 Å². The summed E-state index contributed by atoms with van der Waals surface area (Å²) in [7, 11) is -2.74. The Morgan fingerprint density at radius 3 is 1.49 bits per heavy atom. The topological polar surface area (TPSA) is 9.23 Å². The van der Waals surface area contributed by atoms with Crippen LogP contribution in [0.3, 0.4) is 0 Å². The molecule has 0 spiro atoms. The van der Waals surface area contributed by atoms with E-state index in [9.17, 15) is 0 Å². The van der Waals surface area contributed by atoms with Gasteiger partial charge in [0.25, 0.3) is 8.32 Å². The zero-order valence-electron chi connectivity index (χ0n) is 25.7. The zero-order chi connectivity index (χ0) is 29.1. The minimum absolute atomic E-state index is 0.224. The molecular formula is C41H46OSi. The highest BCUT2D eigenvalue weighted by atomic mass is 28.4. The molecule has 220 valence electrons. The first-order valence-electron chi connectivity index (χ1n) is 16.8. The summed E-state index contributed by atoms with van der Waals surface area (Å²) in [5.74, 6) is 2.78. The Morgan fingerprint density at radius 2 is 1.07 bits per heavy atom. The summed E-state index contributed by atoms with van der Waals surface area (Å²) in [4.78, 5) is 0. The van der Waals surface area contributed by atoms with Gasteiger partial charge in [-0.25, -0.2) is 0 Å². The largest absolute Gasteiger partial charge is 0.404 e. The van der Waals surface area contributed by atoms with E-state index in [1.54, 1.807) is 11.1 Å². The van der Waals surface area contributed by atoms with Crippen LogP contribution in [0, 0.1) is 29.1 Å². The Kier molecular flexibility index (Phi) is 8.25. The van der Waals surface area contributed by atoms with Crippen molar-refractivity contribution in [2.75, 3.05) is 6.61 Å². The van der Waals surface area contributed by atoms with Crippen LogP contribution in [0.5, 0.6) is 0 Å². The molecule has 0 N–H and O–H groups in total. The van der Waals surface area contributed by atoms with Crippen molar-refractivity contribution >= 4 is 23.9 Å². The molecule has 4 atom stereocenters. The van der Waals surface area contributed by atoms with Gasteiger partial charge in [0, 0.05) is 6.61 Å². The van der Waals surface area contributed by atoms with Crippen LogP contribution in [-0.2, 0) is 4.43 Å². The fraction of sp³-hybridized carbons (Fsp3) is 0.366. The van der Waals surface area contributed by atoms with Gasteiger partial charge in [0.05, 0.1) is 0 Å². The molecule has 0 radical (unpaired) electrons. The molecule has 0 saturated heterocycles. The fourth-order valence-corrected chi connectivity index (χ4v) is 13.4. The van der Waals surface area contributed by atoms with Crippen LogP contribution in [0.1, 0.15) is 58.3 Å². The molecule has 4 unspecified atom stereocenters. The standard InChI is InChI=1S/C41H46OSi/c1-2-41(39-28-26-32-16-12-14-24-37(32)39,40-29-27-33-17-13-15-25-38(33)40)30-31-42-43(34-18-6-3-7-19-34,35-20-8-4-9-21-35)36-22-10-5-11-23-36/h3-15,18-25,32-33,39-40H,2,16-17,26-31H2,1H3. The quantitative estimate of drug-likeness (QED) is 0.173. The molecule has 4 aliphatic rings. The molecule has 7 rings (SSSR count). The fourth-order valence-electron chi connectivity index (χ4n) is 9.49. The van der Waals surface area contributed by atoms with Gasteiger partial charge >= 0.3 is 0 Å². The van der Waals surface area contributed by atoms with Crippen molar-refractivity contribution in [2.24, 2.45) is 29.1 Å². The van der Waals surface area contributed by atoms with Crippen molar-refractivity contribution in [3.63, 3.8) is 0 Å². The van der Waals surface area contributed by atoms with Crippen LogP contribution in [0.25, 0.3) is 0 Å². The summed E-state index contributed by atoms with van der Waals surface area (Å²) < 4.78 is 7.61. The molecule has 2 heteroatoms. The normalized spacial score (nSPS) is 25.9. The summed E-state index contributed by atoms with van der Waals surface area (Å²) in [5.41, 5.74) is 3.72. The first kappa shape index (κ1) is 28.6. The molecular weight excluding hydrogens is 537 g/mol. The first-order chi connectivity index (χ1) is 21.3. The highest BCUT2D eigenvalue weighted by molar-refractivity contribution is 7.07. The lowest BCUT2D eigenvalue weighted by Crippen LogP contribution is -2.69. The number of hydrogen-bond donors (Lipinski definition) is 0. The number of hydrogen-bond acceptors (Lipinski definition) is 1. The van der Waals surface area contributed by atoms with Gasteiger partial charge in [-0.3, -0.25) is 0 Å². The predicted molar refractivity (Wildman–Crippen MR) is 183 cm³/mol. The maximum Gasteiger partial charge on any atom is 0.288 e. The Hall–Kier alpha value is -3.20. The van der Waals surface area contributed by atoms with Crippen LogP contribution in [0.15, 0.2) is 139 Å². The zero-order valence-corrected chi connectivity index (χ0v) is 26.7. The minimum atomic E-state index is -2.74. The van der Waals surface area contributed by atoms with E-state index in [0.717, 1.165) is 24.9 Å². The van der Waals surface area contributed by atoms with E-state index < -0.39 is 8.32 Å². The molecule has 2 saturated carbocycles. The third kappa shape index (κ3) is 5.07. The second-order valence-corrected chi connectivity index (χ2v) is 16.7. The minimum Gasteiger partial charge on any atom is -0.404 e. The van der Waals surface area contributed by atoms with Crippen molar-refractivity contribution in [1.82, 2.24) is 0 Å². The summed E-state index contributed by atoms with van der Waals surface area (Å²) in [6.07, 6.45) is 24.6. The molecule has 0 amide bonds. The van der Waals surface area contributed by atoms with Gasteiger partial charge in [0.1, 0.15) is 0 Å². The van der Waals surface area contributed by atoms with E-state index in [2.05, 4.69) is 134 Å². The third-order valence-corrected chi connectivity index (χ3v) is 15.6. The molecule has 3 aromatic rings. The summed E-state index contributed by atoms with van der Waals surface area (Å²) >= 11 is 0. The highest BCUT2D eigenvalue weighted by Gasteiger charge is 2.52. The van der Waals surface area contributed by atoms with Gasteiger partial charge < -0.3 is 4.43 Å². The average Bonchev–Trinajstić information content (AvgIpc) is 3.72. The third-order valence-electron chi connectivity index (χ3n) is 11.5. The lowest BCUT2D eigenvalue weighted by Gasteiger charge is -2.47.